The smallest absolute Gasteiger partial charge is 0.0192 e. The van der Waals surface area contributed by atoms with Crippen molar-refractivity contribution >= 4 is 63.7 Å². The van der Waals surface area contributed by atoms with Gasteiger partial charge < -0.3 is 0 Å². The van der Waals surface area contributed by atoms with E-state index >= 15 is 0 Å². The lowest BCUT2D eigenvalue weighted by atomic mass is 10.0. The van der Waals surface area contributed by atoms with Gasteiger partial charge in [0.2, 0.25) is 0 Å². The Hall–Kier alpha value is -0.420. The molecule has 0 spiro atoms. The highest BCUT2D eigenvalue weighted by atomic mass is 79.9. The summed E-state index contributed by atoms with van der Waals surface area (Å²) in [6, 6.07) is 21.2. The van der Waals surface area contributed by atoms with Crippen LogP contribution in [-0.4, -0.2) is 0 Å². The maximum atomic E-state index is 3.54. The number of hydrogen-bond donors (Lipinski definition) is 0. The molecule has 0 aliphatic rings. The molecular weight excluding hydrogens is 536 g/mol. The van der Waals surface area contributed by atoms with E-state index < -0.39 is 0 Å². The van der Waals surface area contributed by atoms with Gasteiger partial charge in [0, 0.05) is 17.9 Å². The highest BCUT2D eigenvalue weighted by Crippen LogP contribution is 2.31. The summed E-state index contributed by atoms with van der Waals surface area (Å²) >= 11 is 14.1. The summed E-state index contributed by atoms with van der Waals surface area (Å²) in [6.45, 7) is 0. The van der Waals surface area contributed by atoms with E-state index in [1.165, 1.54) is 22.3 Å². The van der Waals surface area contributed by atoms with Crippen LogP contribution in [0.1, 0.15) is 0 Å². The number of hydrogen-bond acceptors (Lipinski definition) is 0. The summed E-state index contributed by atoms with van der Waals surface area (Å²) in [5.74, 6) is 0. The van der Waals surface area contributed by atoms with E-state index in [0.717, 1.165) is 17.9 Å². The quantitative estimate of drug-likeness (QED) is 0.305. The molecule has 0 heterocycles. The van der Waals surface area contributed by atoms with Crippen LogP contribution in [0, 0.1) is 0 Å². The third kappa shape index (κ3) is 3.91. The summed E-state index contributed by atoms with van der Waals surface area (Å²) < 4.78 is 4.27. The molecule has 3 aromatic rings. The topological polar surface area (TPSA) is 0 Å². The molecule has 4 heteroatoms. The van der Waals surface area contributed by atoms with Gasteiger partial charge >= 0.3 is 0 Å². The predicted octanol–water partition coefficient (Wildman–Crippen LogP) is 8.07. The van der Waals surface area contributed by atoms with Crippen LogP contribution >= 0.6 is 63.7 Å². The van der Waals surface area contributed by atoms with Gasteiger partial charge in [0.15, 0.2) is 0 Å². The first-order chi connectivity index (χ1) is 10.5. The van der Waals surface area contributed by atoms with Crippen molar-refractivity contribution < 1.29 is 0 Å². The van der Waals surface area contributed by atoms with E-state index in [1.54, 1.807) is 0 Å². The number of rotatable bonds is 2. The minimum absolute atomic E-state index is 1.07. The summed E-state index contributed by atoms with van der Waals surface area (Å²) in [5.41, 5.74) is 4.76. The Morgan fingerprint density at radius 2 is 0.636 bits per heavy atom. The van der Waals surface area contributed by atoms with Crippen LogP contribution < -0.4 is 0 Å². The maximum Gasteiger partial charge on any atom is 0.0192 e. The minimum atomic E-state index is 1.07. The molecule has 0 radical (unpaired) electrons. The Labute approximate surface area is 163 Å². The molecule has 3 rings (SSSR count). The molecule has 0 aliphatic carbocycles. The van der Waals surface area contributed by atoms with Crippen LogP contribution in [-0.2, 0) is 0 Å². The molecule has 0 amide bonds. The van der Waals surface area contributed by atoms with E-state index in [1.807, 2.05) is 12.1 Å². The second-order valence-electron chi connectivity index (χ2n) is 4.89. The summed E-state index contributed by atoms with van der Waals surface area (Å²) in [5, 5.41) is 0. The lowest BCUT2D eigenvalue weighted by Gasteiger charge is -2.07. The van der Waals surface area contributed by atoms with Crippen LogP contribution in [0.5, 0.6) is 0 Å². The molecule has 22 heavy (non-hydrogen) atoms. The second-order valence-corrected chi connectivity index (χ2v) is 8.56. The molecule has 0 saturated carbocycles. The van der Waals surface area contributed by atoms with Gasteiger partial charge in [-0.05, 0) is 58.7 Å². The van der Waals surface area contributed by atoms with E-state index in [9.17, 15) is 0 Å². The lowest BCUT2D eigenvalue weighted by molar-refractivity contribution is 1.54. The normalized spacial score (nSPS) is 10.7. The van der Waals surface area contributed by atoms with Crippen LogP contribution in [0.2, 0.25) is 0 Å². The van der Waals surface area contributed by atoms with Crippen LogP contribution in [0.3, 0.4) is 0 Å². The van der Waals surface area contributed by atoms with Crippen LogP contribution in [0.4, 0.5) is 0 Å². The standard InChI is InChI=1S/C18H10Br4/c19-15-5-13(6-16(20)9-15)11-1-2-12(4-3-11)14-7-17(21)10-18(22)8-14/h1-10H. The van der Waals surface area contributed by atoms with Gasteiger partial charge in [0.1, 0.15) is 0 Å². The first kappa shape index (κ1) is 16.4. The second kappa shape index (κ2) is 7.00. The zero-order chi connectivity index (χ0) is 15.7. The molecule has 0 bridgehead atoms. The van der Waals surface area contributed by atoms with Gasteiger partial charge in [-0.3, -0.25) is 0 Å². The molecule has 0 N–H and O–H groups in total. The Morgan fingerprint density at radius 3 is 0.909 bits per heavy atom. The highest BCUT2D eigenvalue weighted by molar-refractivity contribution is 9.11. The van der Waals surface area contributed by atoms with Gasteiger partial charge in [-0.15, -0.1) is 0 Å². The van der Waals surface area contributed by atoms with Gasteiger partial charge in [-0.2, -0.15) is 0 Å². The molecule has 0 aliphatic heterocycles. The van der Waals surface area contributed by atoms with Crippen molar-refractivity contribution in [2.24, 2.45) is 0 Å². The fourth-order valence-corrected chi connectivity index (χ4v) is 4.88. The lowest BCUT2D eigenvalue weighted by Crippen LogP contribution is -1.82. The first-order valence-corrected chi connectivity index (χ1v) is 9.71. The largest absolute Gasteiger partial charge is 0.0538 e. The summed E-state index contributed by atoms with van der Waals surface area (Å²) in [4.78, 5) is 0. The molecule has 0 nitrogen and oxygen atoms in total. The molecule has 110 valence electrons. The molecule has 0 unspecified atom stereocenters. The molecule has 0 atom stereocenters. The van der Waals surface area contributed by atoms with E-state index in [-0.39, 0.29) is 0 Å². The Bertz CT molecular complexity index is 712. The zero-order valence-electron chi connectivity index (χ0n) is 11.3. The molecule has 0 saturated heterocycles. The van der Waals surface area contributed by atoms with Gasteiger partial charge in [-0.1, -0.05) is 88.0 Å². The average Bonchev–Trinajstić information content (AvgIpc) is 2.45. The van der Waals surface area contributed by atoms with Gasteiger partial charge in [0.05, 0.1) is 0 Å². The molecule has 0 aromatic heterocycles. The number of halogens is 4. The summed E-state index contributed by atoms with van der Waals surface area (Å²) in [6.07, 6.45) is 0. The van der Waals surface area contributed by atoms with E-state index in [2.05, 4.69) is 112 Å². The highest BCUT2D eigenvalue weighted by Gasteiger charge is 2.04. The van der Waals surface area contributed by atoms with Crippen molar-refractivity contribution in [2.45, 2.75) is 0 Å². The predicted molar refractivity (Wildman–Crippen MR) is 108 cm³/mol. The van der Waals surface area contributed by atoms with Crippen molar-refractivity contribution in [1.82, 2.24) is 0 Å². The SMILES string of the molecule is Brc1cc(Br)cc(-c2ccc(-c3cc(Br)cc(Br)c3)cc2)c1. The molecular formula is C18H10Br4. The zero-order valence-corrected chi connectivity index (χ0v) is 17.6. The van der Waals surface area contributed by atoms with Crippen LogP contribution in [0.25, 0.3) is 22.3 Å². The summed E-state index contributed by atoms with van der Waals surface area (Å²) in [7, 11) is 0. The van der Waals surface area contributed by atoms with Crippen molar-refractivity contribution in [3.63, 3.8) is 0 Å². The van der Waals surface area contributed by atoms with Crippen molar-refractivity contribution in [3.8, 4) is 22.3 Å². The van der Waals surface area contributed by atoms with Gasteiger partial charge in [0.25, 0.3) is 0 Å². The fourth-order valence-electron chi connectivity index (χ4n) is 2.30. The number of benzene rings is 3. The van der Waals surface area contributed by atoms with Crippen molar-refractivity contribution in [2.75, 3.05) is 0 Å². The average molecular weight is 546 g/mol. The third-order valence-corrected chi connectivity index (χ3v) is 5.11. The van der Waals surface area contributed by atoms with E-state index in [0.29, 0.717) is 0 Å². The Morgan fingerprint density at radius 1 is 0.364 bits per heavy atom. The monoisotopic (exact) mass is 542 g/mol. The maximum absolute atomic E-state index is 3.54. The molecule has 3 aromatic carbocycles. The molecule has 0 fully saturated rings. The van der Waals surface area contributed by atoms with E-state index in [4.69, 9.17) is 0 Å². The fraction of sp³-hybridized carbons (Fsp3) is 0. The van der Waals surface area contributed by atoms with Gasteiger partial charge in [-0.25, -0.2) is 0 Å². The minimum Gasteiger partial charge on any atom is -0.0538 e. The Kier molecular flexibility index (Phi) is 5.23. The van der Waals surface area contributed by atoms with Crippen molar-refractivity contribution in [1.29, 1.82) is 0 Å². The van der Waals surface area contributed by atoms with Crippen LogP contribution in [0.15, 0.2) is 78.6 Å². The first-order valence-electron chi connectivity index (χ1n) is 6.54. The third-order valence-electron chi connectivity index (χ3n) is 3.28. The van der Waals surface area contributed by atoms with Crippen molar-refractivity contribution in [3.05, 3.63) is 78.6 Å². The Balaban J connectivity index is 1.98.